The molecule has 0 aliphatic carbocycles. The minimum Gasteiger partial charge on any atom is -0.336 e. The van der Waals surface area contributed by atoms with Crippen LogP contribution in [0.2, 0.25) is 4.34 Å². The molecule has 1 atom stereocenters. The number of carbonyl (C=O) groups excluding carboxylic acids is 3. The van der Waals surface area contributed by atoms with Gasteiger partial charge in [0.15, 0.2) is 0 Å². The molecule has 0 saturated carbocycles. The van der Waals surface area contributed by atoms with Crippen LogP contribution in [0.5, 0.6) is 0 Å². The Kier molecular flexibility index (Phi) is 6.59. The lowest BCUT2D eigenvalue weighted by Gasteiger charge is -2.27. The van der Waals surface area contributed by atoms with E-state index < -0.39 is 11.6 Å². The molecular formula is C21H24ClN3O3S. The summed E-state index contributed by atoms with van der Waals surface area (Å²) in [5, 5.41) is 2.85. The highest BCUT2D eigenvalue weighted by Crippen LogP contribution is 2.33. The molecule has 4 amide bonds. The van der Waals surface area contributed by atoms with E-state index in [1.54, 1.807) is 11.0 Å². The van der Waals surface area contributed by atoms with Crippen molar-refractivity contribution in [3.05, 3.63) is 57.2 Å². The smallest absolute Gasteiger partial charge is 0.325 e. The Bertz CT molecular complexity index is 902. The largest absolute Gasteiger partial charge is 0.336 e. The van der Waals surface area contributed by atoms with Crippen molar-refractivity contribution in [3.63, 3.8) is 0 Å². The van der Waals surface area contributed by atoms with Crippen LogP contribution in [-0.2, 0) is 21.7 Å². The van der Waals surface area contributed by atoms with Gasteiger partial charge in [0.1, 0.15) is 12.1 Å². The van der Waals surface area contributed by atoms with Crippen LogP contribution < -0.4 is 5.32 Å². The molecule has 1 aromatic carbocycles. The van der Waals surface area contributed by atoms with E-state index >= 15 is 0 Å². The highest BCUT2D eigenvalue weighted by atomic mass is 35.5. The molecule has 1 aliphatic heterocycles. The molecule has 1 fully saturated rings. The van der Waals surface area contributed by atoms with E-state index in [1.165, 1.54) is 11.3 Å². The second kappa shape index (κ2) is 8.97. The van der Waals surface area contributed by atoms with Crippen molar-refractivity contribution in [2.24, 2.45) is 0 Å². The third kappa shape index (κ3) is 4.31. The van der Waals surface area contributed by atoms with Gasteiger partial charge in [0, 0.05) is 11.4 Å². The van der Waals surface area contributed by atoms with Gasteiger partial charge < -0.3 is 10.2 Å². The first-order chi connectivity index (χ1) is 13.9. The van der Waals surface area contributed by atoms with E-state index in [-0.39, 0.29) is 18.4 Å². The Morgan fingerprint density at radius 3 is 2.48 bits per heavy atom. The number of hydrogen-bond donors (Lipinski definition) is 1. The van der Waals surface area contributed by atoms with Crippen LogP contribution in [0, 0.1) is 0 Å². The summed E-state index contributed by atoms with van der Waals surface area (Å²) >= 11 is 7.38. The number of nitrogens with zero attached hydrogens (tertiary/aromatic N) is 2. The predicted molar refractivity (Wildman–Crippen MR) is 114 cm³/mol. The fourth-order valence-electron chi connectivity index (χ4n) is 3.61. The van der Waals surface area contributed by atoms with Gasteiger partial charge in [-0.2, -0.15) is 0 Å². The Morgan fingerprint density at radius 1 is 1.17 bits per heavy atom. The molecule has 1 N–H and O–H groups in total. The fraction of sp³-hybridized carbons (Fsp3) is 0.381. The van der Waals surface area contributed by atoms with Crippen molar-refractivity contribution < 1.29 is 14.4 Å². The van der Waals surface area contributed by atoms with E-state index in [0.717, 1.165) is 15.3 Å². The van der Waals surface area contributed by atoms with E-state index in [0.29, 0.717) is 30.3 Å². The summed E-state index contributed by atoms with van der Waals surface area (Å²) in [6.07, 6.45) is 1.18. The fourth-order valence-corrected chi connectivity index (χ4v) is 4.72. The number of thiophene rings is 1. The van der Waals surface area contributed by atoms with Gasteiger partial charge in [-0.25, -0.2) is 4.79 Å². The molecular weight excluding hydrogens is 410 g/mol. The number of rotatable bonds is 8. The molecule has 1 aromatic heterocycles. The molecule has 2 aromatic rings. The second-order valence-corrected chi connectivity index (χ2v) is 8.76. The Labute approximate surface area is 179 Å². The van der Waals surface area contributed by atoms with Crippen molar-refractivity contribution in [2.45, 2.75) is 38.8 Å². The standard InChI is InChI=1S/C21H24ClN3O3S/c1-3-12-21(15-8-6-5-7-9-15)19(27)25(20(28)23-21)14-18(26)24(4-2)13-16-10-11-17(22)29-16/h5-11H,3-4,12-14H2,1-2H3,(H,23,28)/t21-/m0/s1. The van der Waals surface area contributed by atoms with Gasteiger partial charge in [0.05, 0.1) is 10.9 Å². The first-order valence-corrected chi connectivity index (χ1v) is 10.8. The van der Waals surface area contributed by atoms with Crippen LogP contribution in [0.15, 0.2) is 42.5 Å². The summed E-state index contributed by atoms with van der Waals surface area (Å²) in [6, 6.07) is 12.3. The number of hydrogen-bond acceptors (Lipinski definition) is 4. The monoisotopic (exact) mass is 433 g/mol. The molecule has 8 heteroatoms. The average Bonchev–Trinajstić information content (AvgIpc) is 3.23. The second-order valence-electron chi connectivity index (χ2n) is 6.96. The van der Waals surface area contributed by atoms with Crippen LogP contribution in [0.1, 0.15) is 37.1 Å². The first-order valence-electron chi connectivity index (χ1n) is 9.63. The SMILES string of the molecule is CCC[C@@]1(c2ccccc2)NC(=O)N(CC(=O)N(CC)Cc2ccc(Cl)s2)C1=O. The zero-order chi connectivity index (χ0) is 21.0. The van der Waals surface area contributed by atoms with E-state index in [9.17, 15) is 14.4 Å². The maximum Gasteiger partial charge on any atom is 0.325 e. The number of halogens is 1. The summed E-state index contributed by atoms with van der Waals surface area (Å²) < 4.78 is 0.657. The normalized spacial score (nSPS) is 18.8. The Balaban J connectivity index is 1.79. The van der Waals surface area contributed by atoms with Gasteiger partial charge in [-0.3, -0.25) is 14.5 Å². The highest BCUT2D eigenvalue weighted by molar-refractivity contribution is 7.16. The molecule has 0 radical (unpaired) electrons. The Hall–Kier alpha value is -2.38. The minimum atomic E-state index is -1.12. The van der Waals surface area contributed by atoms with E-state index in [2.05, 4.69) is 5.32 Å². The molecule has 1 saturated heterocycles. The molecule has 0 unspecified atom stereocenters. The summed E-state index contributed by atoms with van der Waals surface area (Å²) in [6.45, 7) is 4.41. The lowest BCUT2D eigenvalue weighted by Crippen LogP contribution is -2.45. The quantitative estimate of drug-likeness (QED) is 0.640. The molecule has 29 heavy (non-hydrogen) atoms. The molecule has 6 nitrogen and oxygen atoms in total. The summed E-state index contributed by atoms with van der Waals surface area (Å²) in [4.78, 5) is 42.4. The van der Waals surface area contributed by atoms with Gasteiger partial charge in [0.2, 0.25) is 5.91 Å². The van der Waals surface area contributed by atoms with Gasteiger partial charge in [-0.15, -0.1) is 11.3 Å². The molecule has 154 valence electrons. The third-order valence-electron chi connectivity index (χ3n) is 5.07. The van der Waals surface area contributed by atoms with Gasteiger partial charge in [-0.05, 0) is 31.0 Å². The van der Waals surface area contributed by atoms with Crippen molar-refractivity contribution >= 4 is 40.8 Å². The maximum absolute atomic E-state index is 13.3. The number of amides is 4. The van der Waals surface area contributed by atoms with Crippen LogP contribution >= 0.6 is 22.9 Å². The third-order valence-corrected chi connectivity index (χ3v) is 6.29. The maximum atomic E-state index is 13.3. The highest BCUT2D eigenvalue weighted by Gasteiger charge is 2.52. The van der Waals surface area contributed by atoms with Crippen molar-refractivity contribution in [1.29, 1.82) is 0 Å². The molecule has 2 heterocycles. The zero-order valence-electron chi connectivity index (χ0n) is 16.5. The average molecular weight is 434 g/mol. The van der Waals surface area contributed by atoms with Crippen LogP contribution in [0.4, 0.5) is 4.79 Å². The lowest BCUT2D eigenvalue weighted by molar-refractivity contribution is -0.139. The molecule has 3 rings (SSSR count). The van der Waals surface area contributed by atoms with E-state index in [1.807, 2.05) is 50.2 Å². The van der Waals surface area contributed by atoms with Gasteiger partial charge in [0.25, 0.3) is 5.91 Å². The number of likely N-dealkylation sites (N-methyl/N-ethyl adjacent to an activating group) is 1. The van der Waals surface area contributed by atoms with Gasteiger partial charge in [-0.1, -0.05) is 55.3 Å². The minimum absolute atomic E-state index is 0.277. The number of carbonyl (C=O) groups is 3. The van der Waals surface area contributed by atoms with Crippen LogP contribution in [-0.4, -0.2) is 40.7 Å². The first kappa shape index (κ1) is 21.3. The summed E-state index contributed by atoms with van der Waals surface area (Å²) in [5.74, 6) is -0.653. The van der Waals surface area contributed by atoms with Crippen LogP contribution in [0.3, 0.4) is 0 Å². The number of nitrogens with one attached hydrogen (secondary N) is 1. The topological polar surface area (TPSA) is 69.7 Å². The zero-order valence-corrected chi connectivity index (χ0v) is 18.1. The van der Waals surface area contributed by atoms with Crippen molar-refractivity contribution in [2.75, 3.05) is 13.1 Å². The molecule has 0 spiro atoms. The summed E-state index contributed by atoms with van der Waals surface area (Å²) in [7, 11) is 0. The van der Waals surface area contributed by atoms with Gasteiger partial charge >= 0.3 is 6.03 Å². The number of urea groups is 1. The number of benzene rings is 1. The van der Waals surface area contributed by atoms with Crippen molar-refractivity contribution in [1.82, 2.24) is 15.1 Å². The summed E-state index contributed by atoms with van der Waals surface area (Å²) in [5.41, 5.74) is -0.387. The predicted octanol–water partition coefficient (Wildman–Crippen LogP) is 4.00. The molecule has 0 bridgehead atoms. The van der Waals surface area contributed by atoms with E-state index in [4.69, 9.17) is 11.6 Å². The van der Waals surface area contributed by atoms with Crippen LogP contribution in [0.25, 0.3) is 0 Å². The molecule has 1 aliphatic rings. The lowest BCUT2D eigenvalue weighted by atomic mass is 9.85. The number of imide groups is 1. The van der Waals surface area contributed by atoms with Crippen molar-refractivity contribution in [3.8, 4) is 0 Å². The Morgan fingerprint density at radius 2 is 1.90 bits per heavy atom.